The van der Waals surface area contributed by atoms with Crippen LogP contribution in [0.25, 0.3) is 0 Å². The Hall–Kier alpha value is -1.90. The maximum Gasteiger partial charge on any atom is 0.250 e. The van der Waals surface area contributed by atoms with Crippen LogP contribution in [0.15, 0.2) is 34.5 Å². The second kappa shape index (κ2) is 8.46. The summed E-state index contributed by atoms with van der Waals surface area (Å²) in [6.07, 6.45) is 0. The molecule has 1 amide bonds. The highest BCUT2D eigenvalue weighted by molar-refractivity contribution is 7.91. The highest BCUT2D eigenvalue weighted by Gasteiger charge is 2.16. The van der Waals surface area contributed by atoms with Crippen molar-refractivity contribution in [3.63, 3.8) is 0 Å². The number of thiophene rings is 1. The standard InChI is InChI=1S/C17H22N2O4S2/c1-12-4-6-16(13(2)10-12)23-9-8-19-25(21,22)17-7-5-15(24-17)11-18-14(3)20/h4-7,10,19H,8-9,11H2,1-3H3,(H,18,20). The van der Waals surface area contributed by atoms with Crippen LogP contribution in [0.1, 0.15) is 22.9 Å². The molecule has 0 spiro atoms. The largest absolute Gasteiger partial charge is 0.492 e. The average molecular weight is 383 g/mol. The van der Waals surface area contributed by atoms with E-state index in [1.165, 1.54) is 13.0 Å². The number of hydrogen-bond acceptors (Lipinski definition) is 5. The van der Waals surface area contributed by atoms with Crippen molar-refractivity contribution in [2.24, 2.45) is 0 Å². The molecule has 2 aromatic rings. The van der Waals surface area contributed by atoms with Crippen LogP contribution in [-0.2, 0) is 21.4 Å². The van der Waals surface area contributed by atoms with E-state index in [9.17, 15) is 13.2 Å². The molecule has 0 aliphatic heterocycles. The Bertz CT molecular complexity index is 844. The lowest BCUT2D eigenvalue weighted by Crippen LogP contribution is -2.27. The highest BCUT2D eigenvalue weighted by atomic mass is 32.2. The van der Waals surface area contributed by atoms with Gasteiger partial charge in [-0.2, -0.15) is 0 Å². The Labute approximate surface area is 152 Å². The first-order valence-corrected chi connectivity index (χ1v) is 10.1. The second-order valence-corrected chi connectivity index (χ2v) is 8.81. The molecule has 8 heteroatoms. The summed E-state index contributed by atoms with van der Waals surface area (Å²) in [4.78, 5) is 11.7. The van der Waals surface area contributed by atoms with Gasteiger partial charge in [0, 0.05) is 18.3 Å². The summed E-state index contributed by atoms with van der Waals surface area (Å²) in [7, 11) is -3.57. The van der Waals surface area contributed by atoms with E-state index in [1.807, 2.05) is 32.0 Å². The van der Waals surface area contributed by atoms with Crippen molar-refractivity contribution in [3.8, 4) is 5.75 Å². The van der Waals surface area contributed by atoms with E-state index in [1.54, 1.807) is 6.07 Å². The number of amides is 1. The second-order valence-electron chi connectivity index (χ2n) is 5.65. The van der Waals surface area contributed by atoms with Gasteiger partial charge in [0.2, 0.25) is 15.9 Å². The summed E-state index contributed by atoms with van der Waals surface area (Å²) >= 11 is 1.13. The summed E-state index contributed by atoms with van der Waals surface area (Å²) in [6.45, 7) is 6.12. The van der Waals surface area contributed by atoms with Gasteiger partial charge in [-0.25, -0.2) is 13.1 Å². The number of carbonyl (C=O) groups is 1. The molecule has 1 aromatic heterocycles. The average Bonchev–Trinajstić information content (AvgIpc) is 3.01. The fourth-order valence-corrected chi connectivity index (χ4v) is 4.53. The molecular formula is C17H22N2O4S2. The summed E-state index contributed by atoms with van der Waals surface area (Å²) in [5.41, 5.74) is 2.17. The van der Waals surface area contributed by atoms with Gasteiger partial charge in [-0.05, 0) is 37.6 Å². The minimum atomic E-state index is -3.57. The van der Waals surface area contributed by atoms with Gasteiger partial charge in [0.1, 0.15) is 16.6 Å². The molecule has 1 aromatic carbocycles. The van der Waals surface area contributed by atoms with Crippen LogP contribution in [0.2, 0.25) is 0 Å². The van der Waals surface area contributed by atoms with Crippen LogP contribution >= 0.6 is 11.3 Å². The van der Waals surface area contributed by atoms with Gasteiger partial charge in [0.25, 0.3) is 0 Å². The van der Waals surface area contributed by atoms with Crippen LogP contribution in [0.4, 0.5) is 0 Å². The zero-order valence-corrected chi connectivity index (χ0v) is 16.1. The fourth-order valence-electron chi connectivity index (χ4n) is 2.18. The van der Waals surface area contributed by atoms with E-state index >= 15 is 0 Å². The molecule has 0 fully saturated rings. The van der Waals surface area contributed by atoms with E-state index in [4.69, 9.17) is 4.74 Å². The zero-order valence-electron chi connectivity index (χ0n) is 14.5. The van der Waals surface area contributed by atoms with Crippen molar-refractivity contribution in [2.75, 3.05) is 13.2 Å². The van der Waals surface area contributed by atoms with E-state index < -0.39 is 10.0 Å². The highest BCUT2D eigenvalue weighted by Crippen LogP contribution is 2.21. The maximum atomic E-state index is 12.3. The first kappa shape index (κ1) is 19.4. The number of carbonyl (C=O) groups excluding carboxylic acids is 1. The Kier molecular flexibility index (Phi) is 6.57. The molecule has 0 radical (unpaired) electrons. The van der Waals surface area contributed by atoms with Gasteiger partial charge in [-0.1, -0.05) is 17.7 Å². The first-order valence-electron chi connectivity index (χ1n) is 7.81. The predicted octanol–water partition coefficient (Wildman–Crippen LogP) is 2.36. The monoisotopic (exact) mass is 382 g/mol. The van der Waals surface area contributed by atoms with Gasteiger partial charge in [0.05, 0.1) is 6.54 Å². The first-order chi connectivity index (χ1) is 11.8. The van der Waals surface area contributed by atoms with Crippen molar-refractivity contribution in [1.82, 2.24) is 10.0 Å². The van der Waals surface area contributed by atoms with Crippen LogP contribution in [0.5, 0.6) is 5.75 Å². The predicted molar refractivity (Wildman–Crippen MR) is 98.4 cm³/mol. The number of nitrogens with one attached hydrogen (secondary N) is 2. The zero-order chi connectivity index (χ0) is 18.4. The Morgan fingerprint density at radius 1 is 1.20 bits per heavy atom. The minimum absolute atomic E-state index is 0.153. The van der Waals surface area contributed by atoms with E-state index in [2.05, 4.69) is 10.0 Å². The van der Waals surface area contributed by atoms with Crippen LogP contribution < -0.4 is 14.8 Å². The third-order valence-electron chi connectivity index (χ3n) is 3.40. The number of aryl methyl sites for hydroxylation is 2. The Morgan fingerprint density at radius 2 is 1.96 bits per heavy atom. The minimum Gasteiger partial charge on any atom is -0.492 e. The lowest BCUT2D eigenvalue weighted by molar-refractivity contribution is -0.119. The molecule has 2 N–H and O–H groups in total. The molecule has 1 heterocycles. The van der Waals surface area contributed by atoms with Gasteiger partial charge < -0.3 is 10.1 Å². The molecule has 6 nitrogen and oxygen atoms in total. The van der Waals surface area contributed by atoms with E-state index in [-0.39, 0.29) is 23.3 Å². The molecule has 0 aliphatic carbocycles. The molecule has 0 bridgehead atoms. The molecule has 25 heavy (non-hydrogen) atoms. The molecule has 0 atom stereocenters. The van der Waals surface area contributed by atoms with Crippen molar-refractivity contribution in [3.05, 3.63) is 46.3 Å². The summed E-state index contributed by atoms with van der Waals surface area (Å²) in [6, 6.07) is 9.08. The maximum absolute atomic E-state index is 12.3. The van der Waals surface area contributed by atoms with E-state index in [0.29, 0.717) is 6.54 Å². The number of ether oxygens (including phenoxy) is 1. The lowest BCUT2D eigenvalue weighted by Gasteiger charge is -2.10. The summed E-state index contributed by atoms with van der Waals surface area (Å²) < 4.78 is 32.9. The Balaban J connectivity index is 1.86. The third kappa shape index (κ3) is 5.84. The molecule has 2 rings (SSSR count). The number of hydrogen-bond donors (Lipinski definition) is 2. The van der Waals surface area contributed by atoms with Crippen molar-refractivity contribution < 1.29 is 17.9 Å². The topological polar surface area (TPSA) is 84.5 Å². The third-order valence-corrected chi connectivity index (χ3v) is 6.43. The van der Waals surface area contributed by atoms with E-state index in [0.717, 1.165) is 33.1 Å². The van der Waals surface area contributed by atoms with Crippen LogP contribution in [0.3, 0.4) is 0 Å². The molecular weight excluding hydrogens is 360 g/mol. The van der Waals surface area contributed by atoms with Crippen LogP contribution in [0, 0.1) is 13.8 Å². The Morgan fingerprint density at radius 3 is 2.64 bits per heavy atom. The summed E-state index contributed by atoms with van der Waals surface area (Å²) in [5.74, 6) is 0.595. The van der Waals surface area contributed by atoms with Gasteiger partial charge in [-0.3, -0.25) is 4.79 Å². The molecule has 0 saturated heterocycles. The van der Waals surface area contributed by atoms with Crippen LogP contribution in [-0.4, -0.2) is 27.5 Å². The quantitative estimate of drug-likeness (QED) is 0.687. The number of rotatable bonds is 8. The molecule has 0 aliphatic rings. The van der Waals surface area contributed by atoms with Crippen molar-refractivity contribution in [1.29, 1.82) is 0 Å². The smallest absolute Gasteiger partial charge is 0.250 e. The number of sulfonamides is 1. The van der Waals surface area contributed by atoms with Crippen molar-refractivity contribution in [2.45, 2.75) is 31.5 Å². The fraction of sp³-hybridized carbons (Fsp3) is 0.353. The lowest BCUT2D eigenvalue weighted by atomic mass is 10.1. The molecule has 136 valence electrons. The summed E-state index contributed by atoms with van der Waals surface area (Å²) in [5, 5.41) is 2.64. The molecule has 0 saturated carbocycles. The van der Waals surface area contributed by atoms with Crippen molar-refractivity contribution >= 4 is 27.3 Å². The normalized spacial score (nSPS) is 11.3. The SMILES string of the molecule is CC(=O)NCc1ccc(S(=O)(=O)NCCOc2ccc(C)cc2C)s1. The van der Waals surface area contributed by atoms with Gasteiger partial charge in [0.15, 0.2) is 0 Å². The van der Waals surface area contributed by atoms with Gasteiger partial charge >= 0.3 is 0 Å². The van der Waals surface area contributed by atoms with Gasteiger partial charge in [-0.15, -0.1) is 11.3 Å². The number of benzene rings is 1. The molecule has 0 unspecified atom stereocenters.